The number of hydrogen-bond acceptors (Lipinski definition) is 3. The molecular weight excluding hydrogens is 302 g/mol. The molecule has 0 bridgehead atoms. The number of carbonyl (C=O) groups excluding carboxylic acids is 2. The SMILES string of the molecule is CCOC1(NC(=O)c2cccc(Cl)c2)C(C)=CC(=O)C=C1C. The largest absolute Gasteiger partial charge is 0.348 e. The molecule has 1 aliphatic carbocycles. The number of hydrogen-bond donors (Lipinski definition) is 1. The number of allylic oxidation sites excluding steroid dienone is 2. The molecule has 1 aromatic rings. The molecule has 0 unspecified atom stereocenters. The molecule has 1 N–H and O–H groups in total. The monoisotopic (exact) mass is 319 g/mol. The van der Waals surface area contributed by atoms with E-state index in [9.17, 15) is 9.59 Å². The fourth-order valence-electron chi connectivity index (χ4n) is 2.52. The van der Waals surface area contributed by atoms with Crippen molar-refractivity contribution in [3.63, 3.8) is 0 Å². The van der Waals surface area contributed by atoms with Gasteiger partial charge in [-0.25, -0.2) is 0 Å². The standard InChI is InChI=1S/C17H18ClNO3/c1-4-22-17(11(2)8-15(20)9-12(17)3)19-16(21)13-6-5-7-14(18)10-13/h5-10H,4H2,1-3H3,(H,19,21). The van der Waals surface area contributed by atoms with Crippen molar-refractivity contribution in [3.05, 3.63) is 58.1 Å². The quantitative estimate of drug-likeness (QED) is 0.866. The van der Waals surface area contributed by atoms with Crippen LogP contribution in [0.2, 0.25) is 5.02 Å². The van der Waals surface area contributed by atoms with Crippen LogP contribution in [0.4, 0.5) is 0 Å². The maximum Gasteiger partial charge on any atom is 0.254 e. The van der Waals surface area contributed by atoms with E-state index in [-0.39, 0.29) is 11.7 Å². The first kappa shape index (κ1) is 16.5. The fourth-order valence-corrected chi connectivity index (χ4v) is 2.71. The third-order valence-corrected chi connectivity index (χ3v) is 3.80. The molecule has 5 heteroatoms. The molecule has 2 rings (SSSR count). The first-order valence-corrected chi connectivity index (χ1v) is 7.40. The third kappa shape index (κ3) is 3.13. The van der Waals surface area contributed by atoms with Gasteiger partial charge in [0.25, 0.3) is 5.91 Å². The van der Waals surface area contributed by atoms with Crippen LogP contribution in [-0.4, -0.2) is 24.0 Å². The van der Waals surface area contributed by atoms with Gasteiger partial charge in [-0.2, -0.15) is 0 Å². The van der Waals surface area contributed by atoms with Crippen LogP contribution >= 0.6 is 11.6 Å². The van der Waals surface area contributed by atoms with Crippen molar-refractivity contribution in [2.45, 2.75) is 26.5 Å². The molecule has 0 fully saturated rings. The van der Waals surface area contributed by atoms with E-state index in [1.54, 1.807) is 38.1 Å². The summed E-state index contributed by atoms with van der Waals surface area (Å²) in [6, 6.07) is 6.67. The summed E-state index contributed by atoms with van der Waals surface area (Å²) in [4.78, 5) is 24.2. The Morgan fingerprint density at radius 2 is 1.91 bits per heavy atom. The van der Waals surface area contributed by atoms with E-state index in [4.69, 9.17) is 16.3 Å². The Morgan fingerprint density at radius 1 is 1.27 bits per heavy atom. The van der Waals surface area contributed by atoms with Crippen molar-refractivity contribution in [3.8, 4) is 0 Å². The van der Waals surface area contributed by atoms with E-state index in [0.29, 0.717) is 28.3 Å². The zero-order valence-electron chi connectivity index (χ0n) is 12.8. The maximum absolute atomic E-state index is 12.5. The average Bonchev–Trinajstić information content (AvgIpc) is 2.44. The van der Waals surface area contributed by atoms with Crippen LogP contribution in [0.1, 0.15) is 31.1 Å². The zero-order valence-corrected chi connectivity index (χ0v) is 13.5. The summed E-state index contributed by atoms with van der Waals surface area (Å²) in [6.07, 6.45) is 2.95. The topological polar surface area (TPSA) is 55.4 Å². The summed E-state index contributed by atoms with van der Waals surface area (Å²) >= 11 is 5.93. The molecule has 116 valence electrons. The Balaban J connectivity index is 2.37. The van der Waals surface area contributed by atoms with Crippen molar-refractivity contribution in [2.75, 3.05) is 6.61 Å². The smallest absolute Gasteiger partial charge is 0.254 e. The van der Waals surface area contributed by atoms with E-state index in [1.165, 1.54) is 12.2 Å². The van der Waals surface area contributed by atoms with Crippen LogP contribution in [-0.2, 0) is 9.53 Å². The molecular formula is C17H18ClNO3. The maximum atomic E-state index is 12.5. The lowest BCUT2D eigenvalue weighted by Crippen LogP contribution is -2.53. The number of carbonyl (C=O) groups is 2. The van der Waals surface area contributed by atoms with Crippen molar-refractivity contribution in [1.29, 1.82) is 0 Å². The summed E-state index contributed by atoms with van der Waals surface area (Å²) in [5.41, 5.74) is 0.635. The summed E-state index contributed by atoms with van der Waals surface area (Å²) in [5, 5.41) is 3.37. The van der Waals surface area contributed by atoms with Crippen LogP contribution in [0.5, 0.6) is 0 Å². The minimum absolute atomic E-state index is 0.109. The summed E-state index contributed by atoms with van der Waals surface area (Å²) in [6.45, 7) is 5.76. The lowest BCUT2D eigenvalue weighted by Gasteiger charge is -2.38. The van der Waals surface area contributed by atoms with Crippen LogP contribution in [0.3, 0.4) is 0 Å². The van der Waals surface area contributed by atoms with Crippen molar-refractivity contribution in [1.82, 2.24) is 5.32 Å². The van der Waals surface area contributed by atoms with Crippen LogP contribution in [0.25, 0.3) is 0 Å². The van der Waals surface area contributed by atoms with Gasteiger partial charge in [0.2, 0.25) is 0 Å². The van der Waals surface area contributed by atoms with Gasteiger partial charge in [0, 0.05) is 17.2 Å². The Bertz CT molecular complexity index is 654. The lowest BCUT2D eigenvalue weighted by molar-refractivity contribution is -0.111. The molecule has 1 aliphatic rings. The summed E-state index contributed by atoms with van der Waals surface area (Å²) < 4.78 is 5.81. The number of amides is 1. The molecule has 1 amide bonds. The second-order valence-corrected chi connectivity index (χ2v) is 5.57. The van der Waals surface area contributed by atoms with Gasteiger partial charge in [0.1, 0.15) is 0 Å². The van der Waals surface area contributed by atoms with E-state index in [1.807, 2.05) is 6.92 Å². The first-order valence-electron chi connectivity index (χ1n) is 7.02. The van der Waals surface area contributed by atoms with Crippen molar-refractivity contribution < 1.29 is 14.3 Å². The van der Waals surface area contributed by atoms with Crippen LogP contribution < -0.4 is 5.32 Å². The molecule has 0 atom stereocenters. The Kier molecular flexibility index (Phi) is 4.84. The number of nitrogens with one attached hydrogen (secondary N) is 1. The second kappa shape index (κ2) is 6.46. The highest BCUT2D eigenvalue weighted by Gasteiger charge is 2.39. The summed E-state index contributed by atoms with van der Waals surface area (Å²) in [7, 11) is 0. The number of ether oxygens (including phenoxy) is 1. The molecule has 0 aliphatic heterocycles. The average molecular weight is 320 g/mol. The van der Waals surface area contributed by atoms with Gasteiger partial charge in [0.15, 0.2) is 11.5 Å². The van der Waals surface area contributed by atoms with Gasteiger partial charge in [-0.3, -0.25) is 9.59 Å². The highest BCUT2D eigenvalue weighted by atomic mass is 35.5. The van der Waals surface area contributed by atoms with Gasteiger partial charge in [-0.15, -0.1) is 0 Å². The molecule has 0 heterocycles. The van der Waals surface area contributed by atoms with E-state index in [2.05, 4.69) is 5.32 Å². The molecule has 0 saturated carbocycles. The van der Waals surface area contributed by atoms with Gasteiger partial charge in [-0.1, -0.05) is 17.7 Å². The van der Waals surface area contributed by atoms with Gasteiger partial charge >= 0.3 is 0 Å². The molecule has 0 saturated heterocycles. The fraction of sp³-hybridized carbons (Fsp3) is 0.294. The molecule has 4 nitrogen and oxygen atoms in total. The van der Waals surface area contributed by atoms with Crippen LogP contribution in [0.15, 0.2) is 47.6 Å². The van der Waals surface area contributed by atoms with E-state index in [0.717, 1.165) is 0 Å². The first-order chi connectivity index (χ1) is 10.4. The predicted molar refractivity (Wildman–Crippen MR) is 85.8 cm³/mol. The predicted octanol–water partition coefficient (Wildman–Crippen LogP) is 3.28. The molecule has 0 spiro atoms. The number of ketones is 1. The highest BCUT2D eigenvalue weighted by Crippen LogP contribution is 2.31. The third-order valence-electron chi connectivity index (χ3n) is 3.57. The number of rotatable bonds is 4. The Morgan fingerprint density at radius 3 is 2.45 bits per heavy atom. The van der Waals surface area contributed by atoms with Crippen LogP contribution in [0, 0.1) is 0 Å². The Labute approximate surface area is 134 Å². The molecule has 0 aromatic heterocycles. The van der Waals surface area contributed by atoms with E-state index >= 15 is 0 Å². The summed E-state index contributed by atoms with van der Waals surface area (Å²) in [5.74, 6) is -0.423. The molecule has 0 radical (unpaired) electrons. The number of benzene rings is 1. The minimum Gasteiger partial charge on any atom is -0.348 e. The zero-order chi connectivity index (χ0) is 16.3. The van der Waals surface area contributed by atoms with Gasteiger partial charge in [0.05, 0.1) is 0 Å². The number of halogens is 1. The van der Waals surface area contributed by atoms with Gasteiger partial charge < -0.3 is 10.1 Å². The van der Waals surface area contributed by atoms with Crippen molar-refractivity contribution >= 4 is 23.3 Å². The van der Waals surface area contributed by atoms with E-state index < -0.39 is 5.72 Å². The molecule has 1 aromatic carbocycles. The minimum atomic E-state index is -1.10. The second-order valence-electron chi connectivity index (χ2n) is 5.14. The van der Waals surface area contributed by atoms with Gasteiger partial charge in [-0.05, 0) is 62.3 Å². The highest BCUT2D eigenvalue weighted by molar-refractivity contribution is 6.31. The van der Waals surface area contributed by atoms with Crippen molar-refractivity contribution in [2.24, 2.45) is 0 Å². The normalized spacial score (nSPS) is 16.8. The molecule has 22 heavy (non-hydrogen) atoms. The lowest BCUT2D eigenvalue weighted by atomic mass is 9.89. The Hall–Kier alpha value is -1.91.